The van der Waals surface area contributed by atoms with Gasteiger partial charge in [0.1, 0.15) is 17.8 Å². The van der Waals surface area contributed by atoms with Crippen molar-refractivity contribution < 1.29 is 0 Å². The first kappa shape index (κ1) is 11.5. The summed E-state index contributed by atoms with van der Waals surface area (Å²) >= 11 is 0. The number of rotatable bonds is 2. The van der Waals surface area contributed by atoms with Gasteiger partial charge in [0.15, 0.2) is 5.70 Å². The molecule has 0 fully saturated rings. The third kappa shape index (κ3) is 2.70. The highest BCUT2D eigenvalue weighted by atomic mass is 14.8. The zero-order valence-electron chi connectivity index (χ0n) is 8.81. The quantitative estimate of drug-likeness (QED) is 0.594. The summed E-state index contributed by atoms with van der Waals surface area (Å²) in [5.41, 5.74) is 7.00. The fourth-order valence-corrected chi connectivity index (χ4v) is 1.08. The first-order chi connectivity index (χ1) is 7.69. The molecule has 4 heteroatoms. The van der Waals surface area contributed by atoms with E-state index in [1.165, 1.54) is 6.21 Å². The summed E-state index contributed by atoms with van der Waals surface area (Å²) in [6, 6.07) is 11.1. The van der Waals surface area contributed by atoms with Gasteiger partial charge in [0.05, 0.1) is 0 Å². The fraction of sp³-hybridized carbons (Fsp3) is 0.0833. The molecule has 1 aromatic rings. The summed E-state index contributed by atoms with van der Waals surface area (Å²) in [5.74, 6) is 0. The summed E-state index contributed by atoms with van der Waals surface area (Å²) < 4.78 is 0. The number of aryl methyl sites for hydroxylation is 1. The normalized spacial score (nSPS) is 11.7. The maximum atomic E-state index is 8.72. The van der Waals surface area contributed by atoms with Crippen LogP contribution in [0.3, 0.4) is 0 Å². The highest BCUT2D eigenvalue weighted by Crippen LogP contribution is 2.05. The van der Waals surface area contributed by atoms with Crippen LogP contribution in [0.25, 0.3) is 0 Å². The van der Waals surface area contributed by atoms with E-state index in [9.17, 15) is 0 Å². The van der Waals surface area contributed by atoms with Gasteiger partial charge >= 0.3 is 0 Å². The van der Waals surface area contributed by atoms with E-state index in [4.69, 9.17) is 16.3 Å². The van der Waals surface area contributed by atoms with E-state index in [1.807, 2.05) is 31.2 Å². The highest BCUT2D eigenvalue weighted by molar-refractivity contribution is 5.82. The van der Waals surface area contributed by atoms with Crippen LogP contribution in [0, 0.1) is 29.6 Å². The molecule has 4 nitrogen and oxygen atoms in total. The summed E-state index contributed by atoms with van der Waals surface area (Å²) in [7, 11) is 0. The Balaban J connectivity index is 3.04. The molecule has 0 amide bonds. The number of hydrogen-bond donors (Lipinski definition) is 1. The van der Waals surface area contributed by atoms with Crippen LogP contribution in [-0.2, 0) is 0 Å². The van der Waals surface area contributed by atoms with Crippen molar-refractivity contribution in [1.82, 2.24) is 0 Å². The second kappa shape index (κ2) is 5.33. The topological polar surface area (TPSA) is 86.0 Å². The zero-order valence-corrected chi connectivity index (χ0v) is 8.81. The van der Waals surface area contributed by atoms with Crippen LogP contribution in [-0.4, -0.2) is 6.21 Å². The van der Waals surface area contributed by atoms with E-state index < -0.39 is 0 Å². The van der Waals surface area contributed by atoms with Crippen LogP contribution in [0.15, 0.2) is 40.7 Å². The monoisotopic (exact) mass is 210 g/mol. The largest absolute Gasteiger partial charge is 0.388 e. The third-order valence-electron chi connectivity index (χ3n) is 2.00. The molecule has 0 bridgehead atoms. The SMILES string of the molecule is Cc1ccccc1C=N/C(C#N)=C(/N)C#N. The molecule has 16 heavy (non-hydrogen) atoms. The number of aliphatic imine (C=N–C) groups is 1. The summed E-state index contributed by atoms with van der Waals surface area (Å²) in [5, 5.41) is 17.3. The van der Waals surface area contributed by atoms with E-state index in [0.29, 0.717) is 0 Å². The van der Waals surface area contributed by atoms with Gasteiger partial charge in [-0.3, -0.25) is 0 Å². The fourth-order valence-electron chi connectivity index (χ4n) is 1.08. The number of nitriles is 2. The highest BCUT2D eigenvalue weighted by Gasteiger charge is 1.99. The molecule has 0 radical (unpaired) electrons. The van der Waals surface area contributed by atoms with E-state index in [0.717, 1.165) is 11.1 Å². The predicted molar refractivity (Wildman–Crippen MR) is 61.2 cm³/mol. The number of hydrogen-bond acceptors (Lipinski definition) is 4. The minimum atomic E-state index is -0.174. The Bertz CT molecular complexity index is 527. The Kier molecular flexibility index (Phi) is 3.83. The van der Waals surface area contributed by atoms with E-state index in [2.05, 4.69) is 4.99 Å². The average Bonchev–Trinajstić information content (AvgIpc) is 2.31. The maximum Gasteiger partial charge on any atom is 0.174 e. The molecule has 78 valence electrons. The molecule has 0 spiro atoms. The number of nitrogens with two attached hydrogens (primary N) is 1. The molecule has 1 rings (SSSR count). The molecular weight excluding hydrogens is 200 g/mol. The van der Waals surface area contributed by atoms with Crippen molar-refractivity contribution in [2.45, 2.75) is 6.92 Å². The molecule has 0 saturated heterocycles. The summed E-state index contributed by atoms with van der Waals surface area (Å²) in [6.07, 6.45) is 1.53. The van der Waals surface area contributed by atoms with E-state index >= 15 is 0 Å². The van der Waals surface area contributed by atoms with Crippen molar-refractivity contribution in [2.75, 3.05) is 0 Å². The lowest BCUT2D eigenvalue weighted by Crippen LogP contribution is -1.97. The Morgan fingerprint density at radius 1 is 1.31 bits per heavy atom. The van der Waals surface area contributed by atoms with Crippen molar-refractivity contribution in [2.24, 2.45) is 10.7 Å². The third-order valence-corrected chi connectivity index (χ3v) is 2.00. The summed E-state index contributed by atoms with van der Waals surface area (Å²) in [4.78, 5) is 3.89. The van der Waals surface area contributed by atoms with Gasteiger partial charge in [-0.1, -0.05) is 24.3 Å². The van der Waals surface area contributed by atoms with Crippen molar-refractivity contribution in [3.05, 3.63) is 46.8 Å². The first-order valence-electron chi connectivity index (χ1n) is 4.58. The van der Waals surface area contributed by atoms with Gasteiger partial charge in [0.2, 0.25) is 0 Å². The Hall–Kier alpha value is -2.59. The van der Waals surface area contributed by atoms with Gasteiger partial charge in [-0.05, 0) is 18.1 Å². The van der Waals surface area contributed by atoms with Crippen molar-refractivity contribution in [3.63, 3.8) is 0 Å². The summed E-state index contributed by atoms with van der Waals surface area (Å²) in [6.45, 7) is 1.94. The molecule has 0 aliphatic carbocycles. The standard InChI is InChI=1S/C12H10N4/c1-9-4-2-3-5-10(9)8-16-12(7-14)11(15)6-13/h2-5,8H,15H2,1H3/b12-11+,16-8?. The number of allylic oxidation sites excluding steroid dienone is 2. The molecule has 0 atom stereocenters. The lowest BCUT2D eigenvalue weighted by atomic mass is 10.1. The van der Waals surface area contributed by atoms with E-state index in [1.54, 1.807) is 12.1 Å². The Labute approximate surface area is 94.0 Å². The Morgan fingerprint density at radius 2 is 2.00 bits per heavy atom. The lowest BCUT2D eigenvalue weighted by Gasteiger charge is -1.97. The van der Waals surface area contributed by atoms with Gasteiger partial charge in [-0.2, -0.15) is 10.5 Å². The van der Waals surface area contributed by atoms with Crippen LogP contribution < -0.4 is 5.73 Å². The van der Waals surface area contributed by atoms with Gasteiger partial charge in [-0.25, -0.2) is 4.99 Å². The zero-order chi connectivity index (χ0) is 12.0. The molecule has 0 aromatic heterocycles. The van der Waals surface area contributed by atoms with Crippen LogP contribution in [0.1, 0.15) is 11.1 Å². The van der Waals surface area contributed by atoms with Crippen LogP contribution in [0.2, 0.25) is 0 Å². The minimum Gasteiger partial charge on any atom is -0.388 e. The molecule has 0 saturated carbocycles. The second-order valence-electron chi connectivity index (χ2n) is 3.10. The average molecular weight is 210 g/mol. The van der Waals surface area contributed by atoms with Crippen molar-refractivity contribution >= 4 is 6.21 Å². The number of nitrogens with zero attached hydrogens (tertiary/aromatic N) is 3. The molecule has 0 heterocycles. The smallest absolute Gasteiger partial charge is 0.174 e. The molecule has 0 unspecified atom stereocenters. The molecule has 0 aliphatic rings. The predicted octanol–water partition coefficient (Wildman–Crippen LogP) is 1.63. The van der Waals surface area contributed by atoms with E-state index in [-0.39, 0.29) is 11.4 Å². The lowest BCUT2D eigenvalue weighted by molar-refractivity contribution is 1.27. The van der Waals surface area contributed by atoms with Gasteiger partial charge < -0.3 is 5.73 Å². The molecule has 0 aliphatic heterocycles. The number of benzene rings is 1. The van der Waals surface area contributed by atoms with Crippen LogP contribution >= 0.6 is 0 Å². The van der Waals surface area contributed by atoms with Gasteiger partial charge in [-0.15, -0.1) is 0 Å². The second-order valence-corrected chi connectivity index (χ2v) is 3.10. The molecule has 1 aromatic carbocycles. The van der Waals surface area contributed by atoms with Crippen LogP contribution in [0.5, 0.6) is 0 Å². The van der Waals surface area contributed by atoms with Crippen LogP contribution in [0.4, 0.5) is 0 Å². The van der Waals surface area contributed by atoms with Crippen molar-refractivity contribution in [3.8, 4) is 12.1 Å². The van der Waals surface area contributed by atoms with Gasteiger partial charge in [0, 0.05) is 6.21 Å². The van der Waals surface area contributed by atoms with Crippen molar-refractivity contribution in [1.29, 1.82) is 10.5 Å². The maximum absolute atomic E-state index is 8.72. The first-order valence-corrected chi connectivity index (χ1v) is 4.58. The molecular formula is C12H10N4. The minimum absolute atomic E-state index is 0.0641. The van der Waals surface area contributed by atoms with Gasteiger partial charge in [0.25, 0.3) is 0 Å². The molecule has 2 N–H and O–H groups in total. The Morgan fingerprint density at radius 3 is 2.56 bits per heavy atom.